The van der Waals surface area contributed by atoms with Crippen LogP contribution >= 0.6 is 0 Å². The van der Waals surface area contributed by atoms with Crippen molar-refractivity contribution in [2.75, 3.05) is 36.4 Å². The van der Waals surface area contributed by atoms with Crippen molar-refractivity contribution in [1.82, 2.24) is 5.32 Å². The van der Waals surface area contributed by atoms with E-state index in [4.69, 9.17) is 5.26 Å². The van der Waals surface area contributed by atoms with Gasteiger partial charge in [-0.3, -0.25) is 4.79 Å². The maximum atomic E-state index is 11.5. The highest BCUT2D eigenvalue weighted by molar-refractivity contribution is 5.80. The van der Waals surface area contributed by atoms with Crippen LogP contribution in [0, 0.1) is 11.3 Å². The van der Waals surface area contributed by atoms with Crippen molar-refractivity contribution in [3.05, 3.63) is 24.3 Å². The van der Waals surface area contributed by atoms with E-state index in [1.807, 2.05) is 18.2 Å². The van der Waals surface area contributed by atoms with Gasteiger partial charge in [0.2, 0.25) is 5.91 Å². The molecule has 1 amide bonds. The van der Waals surface area contributed by atoms with Crippen LogP contribution in [0.1, 0.15) is 19.3 Å². The number of nitrogens with zero attached hydrogens (tertiary/aromatic N) is 2. The summed E-state index contributed by atoms with van der Waals surface area (Å²) >= 11 is 0. The molecule has 5 nitrogen and oxygen atoms in total. The fourth-order valence-electron chi connectivity index (χ4n) is 2.27. The molecule has 0 bridgehead atoms. The number of benzene rings is 1. The van der Waals surface area contributed by atoms with Crippen molar-refractivity contribution in [2.24, 2.45) is 0 Å². The predicted octanol–water partition coefficient (Wildman–Crippen LogP) is 1.73. The fraction of sp³-hybridized carbons (Fsp3) is 0.467. The average molecular weight is 272 g/mol. The third-order valence-electron chi connectivity index (χ3n) is 3.35. The number of nitrogens with one attached hydrogen (secondary N) is 2. The highest BCUT2D eigenvalue weighted by Crippen LogP contribution is 2.21. The minimum atomic E-state index is -0.0936. The summed E-state index contributed by atoms with van der Waals surface area (Å²) in [5, 5.41) is 14.1. The maximum Gasteiger partial charge on any atom is 0.239 e. The normalized spacial score (nSPS) is 13.8. The molecule has 0 spiro atoms. The van der Waals surface area contributed by atoms with Gasteiger partial charge >= 0.3 is 0 Å². The Hall–Kier alpha value is -2.22. The van der Waals surface area contributed by atoms with Crippen LogP contribution in [0.5, 0.6) is 0 Å². The molecule has 5 heteroatoms. The molecule has 106 valence electrons. The summed E-state index contributed by atoms with van der Waals surface area (Å²) in [6, 6.07) is 10.2. The molecule has 0 unspecified atom stereocenters. The first-order chi connectivity index (χ1) is 9.79. The van der Waals surface area contributed by atoms with Crippen molar-refractivity contribution in [3.63, 3.8) is 0 Å². The molecule has 1 aliphatic heterocycles. The van der Waals surface area contributed by atoms with Crippen LogP contribution in [-0.4, -0.2) is 32.1 Å². The lowest BCUT2D eigenvalue weighted by atomic mass is 10.2. The second-order valence-corrected chi connectivity index (χ2v) is 4.85. The van der Waals surface area contributed by atoms with Crippen LogP contribution in [0.25, 0.3) is 0 Å². The molecule has 1 saturated heterocycles. The Balaban J connectivity index is 1.76. The van der Waals surface area contributed by atoms with Gasteiger partial charge in [-0.25, -0.2) is 0 Å². The molecular weight excluding hydrogens is 252 g/mol. The Morgan fingerprint density at radius 1 is 1.25 bits per heavy atom. The van der Waals surface area contributed by atoms with E-state index >= 15 is 0 Å². The van der Waals surface area contributed by atoms with E-state index in [0.29, 0.717) is 13.0 Å². The summed E-state index contributed by atoms with van der Waals surface area (Å²) in [5.74, 6) is -0.0936. The van der Waals surface area contributed by atoms with Crippen LogP contribution < -0.4 is 15.5 Å². The quantitative estimate of drug-likeness (QED) is 0.774. The van der Waals surface area contributed by atoms with E-state index in [9.17, 15) is 4.79 Å². The lowest BCUT2D eigenvalue weighted by Gasteiger charge is -2.17. The number of anilines is 2. The molecule has 1 aromatic carbocycles. The number of hydrogen-bond donors (Lipinski definition) is 2. The number of rotatable bonds is 6. The fourth-order valence-corrected chi connectivity index (χ4v) is 2.27. The molecule has 2 rings (SSSR count). The molecule has 1 heterocycles. The SMILES string of the molecule is N#CCCNC(=O)CNc1ccc(N2CCCC2)cc1. The minimum absolute atomic E-state index is 0.0936. The van der Waals surface area contributed by atoms with Gasteiger partial charge in [0.1, 0.15) is 0 Å². The Bertz CT molecular complexity index is 472. The van der Waals surface area contributed by atoms with Crippen LogP contribution in [0.3, 0.4) is 0 Å². The van der Waals surface area contributed by atoms with E-state index in [2.05, 4.69) is 27.7 Å². The molecule has 0 radical (unpaired) electrons. The van der Waals surface area contributed by atoms with Crippen molar-refractivity contribution in [2.45, 2.75) is 19.3 Å². The Labute approximate surface area is 119 Å². The summed E-state index contributed by atoms with van der Waals surface area (Å²) in [6.45, 7) is 2.90. The largest absolute Gasteiger partial charge is 0.376 e. The molecule has 0 atom stereocenters. The molecule has 0 saturated carbocycles. The zero-order valence-corrected chi connectivity index (χ0v) is 11.6. The third kappa shape index (κ3) is 4.16. The topological polar surface area (TPSA) is 68.2 Å². The molecule has 1 aromatic rings. The van der Waals surface area contributed by atoms with E-state index in [-0.39, 0.29) is 12.5 Å². The Kier molecular flexibility index (Phi) is 5.24. The number of nitriles is 1. The monoisotopic (exact) mass is 272 g/mol. The van der Waals surface area contributed by atoms with E-state index in [1.54, 1.807) is 0 Å². The van der Waals surface area contributed by atoms with Crippen LogP contribution in [0.2, 0.25) is 0 Å². The van der Waals surface area contributed by atoms with Crippen molar-refractivity contribution in [1.29, 1.82) is 5.26 Å². The van der Waals surface area contributed by atoms with Gasteiger partial charge in [0.25, 0.3) is 0 Å². The van der Waals surface area contributed by atoms with Crippen molar-refractivity contribution in [3.8, 4) is 6.07 Å². The summed E-state index contributed by atoms with van der Waals surface area (Å²) in [5.41, 5.74) is 2.18. The zero-order valence-electron chi connectivity index (χ0n) is 11.6. The molecule has 1 fully saturated rings. The molecule has 0 aromatic heterocycles. The maximum absolute atomic E-state index is 11.5. The molecule has 0 aliphatic carbocycles. The summed E-state index contributed by atoms with van der Waals surface area (Å²) in [4.78, 5) is 13.8. The molecule has 1 aliphatic rings. The van der Waals surface area contributed by atoms with Gasteiger partial charge in [0.15, 0.2) is 0 Å². The lowest BCUT2D eigenvalue weighted by Crippen LogP contribution is -2.30. The van der Waals surface area contributed by atoms with Gasteiger partial charge in [0, 0.05) is 31.0 Å². The molecule has 2 N–H and O–H groups in total. The van der Waals surface area contributed by atoms with Gasteiger partial charge < -0.3 is 15.5 Å². The van der Waals surface area contributed by atoms with Gasteiger partial charge in [0.05, 0.1) is 19.0 Å². The van der Waals surface area contributed by atoms with Gasteiger partial charge in [-0.05, 0) is 37.1 Å². The van der Waals surface area contributed by atoms with Crippen LogP contribution in [-0.2, 0) is 4.79 Å². The van der Waals surface area contributed by atoms with E-state index in [0.717, 1.165) is 18.8 Å². The first kappa shape index (κ1) is 14.2. The van der Waals surface area contributed by atoms with Gasteiger partial charge in [-0.15, -0.1) is 0 Å². The third-order valence-corrected chi connectivity index (χ3v) is 3.35. The Morgan fingerprint density at radius 2 is 1.95 bits per heavy atom. The lowest BCUT2D eigenvalue weighted by molar-refractivity contribution is -0.119. The minimum Gasteiger partial charge on any atom is -0.376 e. The Morgan fingerprint density at radius 3 is 2.60 bits per heavy atom. The summed E-state index contributed by atoms with van der Waals surface area (Å²) in [6.07, 6.45) is 2.88. The number of amides is 1. The zero-order chi connectivity index (χ0) is 14.2. The van der Waals surface area contributed by atoms with Gasteiger partial charge in [-0.2, -0.15) is 5.26 Å². The number of carbonyl (C=O) groups excluding carboxylic acids is 1. The molecule has 20 heavy (non-hydrogen) atoms. The average Bonchev–Trinajstić information content (AvgIpc) is 3.00. The highest BCUT2D eigenvalue weighted by Gasteiger charge is 2.11. The van der Waals surface area contributed by atoms with Crippen molar-refractivity contribution < 1.29 is 4.79 Å². The number of carbonyl (C=O) groups is 1. The first-order valence-electron chi connectivity index (χ1n) is 7.02. The van der Waals surface area contributed by atoms with E-state index in [1.165, 1.54) is 18.5 Å². The second-order valence-electron chi connectivity index (χ2n) is 4.85. The molecular formula is C15H20N4O. The van der Waals surface area contributed by atoms with Crippen LogP contribution in [0.15, 0.2) is 24.3 Å². The highest BCUT2D eigenvalue weighted by atomic mass is 16.1. The number of hydrogen-bond acceptors (Lipinski definition) is 4. The summed E-state index contributed by atoms with van der Waals surface area (Å²) in [7, 11) is 0. The summed E-state index contributed by atoms with van der Waals surface area (Å²) < 4.78 is 0. The van der Waals surface area contributed by atoms with Crippen molar-refractivity contribution >= 4 is 17.3 Å². The van der Waals surface area contributed by atoms with E-state index < -0.39 is 0 Å². The smallest absolute Gasteiger partial charge is 0.239 e. The predicted molar refractivity (Wildman–Crippen MR) is 79.6 cm³/mol. The first-order valence-corrected chi connectivity index (χ1v) is 7.02. The standard InChI is InChI=1S/C15H20N4O/c16-8-3-9-17-15(20)12-18-13-4-6-14(7-5-13)19-10-1-2-11-19/h4-7,18H,1-3,9-12H2,(H,17,20). The van der Waals surface area contributed by atoms with Crippen LogP contribution in [0.4, 0.5) is 11.4 Å². The second kappa shape index (κ2) is 7.39. The van der Waals surface area contributed by atoms with Gasteiger partial charge in [-0.1, -0.05) is 0 Å².